The molecule has 1 aliphatic heterocycles. The Morgan fingerprint density at radius 1 is 1.04 bits per heavy atom. The molecule has 26 heavy (non-hydrogen) atoms. The molecule has 2 aromatic carbocycles. The van der Waals surface area contributed by atoms with Crippen LogP contribution in [0.15, 0.2) is 48.5 Å². The number of benzene rings is 2. The fourth-order valence-corrected chi connectivity index (χ4v) is 2.71. The highest BCUT2D eigenvalue weighted by molar-refractivity contribution is 6.06. The predicted octanol–water partition coefficient (Wildman–Crippen LogP) is 2.40. The van der Waals surface area contributed by atoms with E-state index in [9.17, 15) is 14.4 Å². The lowest BCUT2D eigenvalue weighted by atomic mass is 10.2. The third kappa shape index (κ3) is 3.83. The van der Waals surface area contributed by atoms with Gasteiger partial charge < -0.3 is 15.4 Å². The van der Waals surface area contributed by atoms with Crippen LogP contribution in [0.5, 0.6) is 5.75 Å². The van der Waals surface area contributed by atoms with E-state index >= 15 is 0 Å². The number of anilines is 3. The number of carbonyl (C=O) groups excluding carboxylic acids is 3. The van der Waals surface area contributed by atoms with Crippen molar-refractivity contribution in [2.75, 3.05) is 22.1 Å². The Morgan fingerprint density at radius 3 is 2.31 bits per heavy atom. The van der Waals surface area contributed by atoms with Crippen molar-refractivity contribution in [2.45, 2.75) is 20.0 Å². The van der Waals surface area contributed by atoms with Crippen LogP contribution in [-0.2, 0) is 14.4 Å². The Balaban J connectivity index is 1.69. The first-order valence-corrected chi connectivity index (χ1v) is 8.18. The van der Waals surface area contributed by atoms with Crippen molar-refractivity contribution in [2.24, 2.45) is 0 Å². The van der Waals surface area contributed by atoms with Crippen LogP contribution < -0.4 is 20.3 Å². The second kappa shape index (κ2) is 7.26. The van der Waals surface area contributed by atoms with E-state index in [0.717, 1.165) is 0 Å². The number of hydrogen-bond donors (Lipinski definition) is 2. The molecule has 0 radical (unpaired) electrons. The Hall–Kier alpha value is -3.35. The fraction of sp³-hybridized carbons (Fsp3) is 0.211. The Morgan fingerprint density at radius 2 is 1.65 bits per heavy atom. The molecule has 0 fully saturated rings. The maximum Gasteiger partial charge on any atom is 0.268 e. The van der Waals surface area contributed by atoms with E-state index in [-0.39, 0.29) is 24.3 Å². The number of amides is 3. The average molecular weight is 353 g/mol. The zero-order chi connectivity index (χ0) is 18.7. The van der Waals surface area contributed by atoms with Gasteiger partial charge in [-0.2, -0.15) is 0 Å². The van der Waals surface area contributed by atoms with Crippen molar-refractivity contribution in [3.8, 4) is 5.75 Å². The van der Waals surface area contributed by atoms with Crippen LogP contribution in [0.25, 0.3) is 0 Å². The summed E-state index contributed by atoms with van der Waals surface area (Å²) in [4.78, 5) is 37.2. The van der Waals surface area contributed by atoms with Gasteiger partial charge in [-0.25, -0.2) is 0 Å². The van der Waals surface area contributed by atoms with Crippen LogP contribution in [0.4, 0.5) is 17.1 Å². The van der Waals surface area contributed by atoms with E-state index in [1.807, 2.05) is 6.07 Å². The smallest absolute Gasteiger partial charge is 0.268 e. The van der Waals surface area contributed by atoms with Gasteiger partial charge in [0, 0.05) is 18.3 Å². The minimum atomic E-state index is -0.644. The van der Waals surface area contributed by atoms with Gasteiger partial charge in [0.05, 0.1) is 5.69 Å². The summed E-state index contributed by atoms with van der Waals surface area (Å²) in [5, 5.41) is 5.40. The molecule has 0 spiro atoms. The van der Waals surface area contributed by atoms with Gasteiger partial charge in [0.25, 0.3) is 5.91 Å². The van der Waals surface area contributed by atoms with Gasteiger partial charge in [-0.3, -0.25) is 19.3 Å². The predicted molar refractivity (Wildman–Crippen MR) is 98.3 cm³/mol. The van der Waals surface area contributed by atoms with Crippen LogP contribution in [0, 0.1) is 0 Å². The normalized spacial score (nSPS) is 15.7. The van der Waals surface area contributed by atoms with Crippen molar-refractivity contribution in [3.05, 3.63) is 48.5 Å². The highest BCUT2D eigenvalue weighted by Crippen LogP contribution is 2.33. The minimum absolute atomic E-state index is 0.114. The van der Waals surface area contributed by atoms with E-state index < -0.39 is 6.10 Å². The largest absolute Gasteiger partial charge is 0.479 e. The first-order valence-electron chi connectivity index (χ1n) is 8.18. The molecule has 134 valence electrons. The highest BCUT2D eigenvalue weighted by atomic mass is 16.5. The molecule has 7 nitrogen and oxygen atoms in total. The molecule has 0 aromatic heterocycles. The number of nitrogens with zero attached hydrogens (tertiary/aromatic N) is 1. The van der Waals surface area contributed by atoms with Crippen molar-refractivity contribution in [3.63, 3.8) is 0 Å². The topological polar surface area (TPSA) is 87.7 Å². The van der Waals surface area contributed by atoms with E-state index in [1.54, 1.807) is 49.4 Å². The summed E-state index contributed by atoms with van der Waals surface area (Å²) in [5.74, 6) is -0.179. The summed E-state index contributed by atoms with van der Waals surface area (Å²) in [6, 6.07) is 13.9. The molecule has 3 rings (SSSR count). The summed E-state index contributed by atoms with van der Waals surface area (Å²) in [6.45, 7) is 2.97. The molecule has 0 saturated carbocycles. The zero-order valence-electron chi connectivity index (χ0n) is 14.5. The Labute approximate surface area is 150 Å². The summed E-state index contributed by atoms with van der Waals surface area (Å²) in [7, 11) is 0. The molecule has 1 heterocycles. The van der Waals surface area contributed by atoms with Crippen LogP contribution >= 0.6 is 0 Å². The first-order chi connectivity index (χ1) is 12.4. The van der Waals surface area contributed by atoms with Crippen LogP contribution in [-0.4, -0.2) is 30.4 Å². The van der Waals surface area contributed by atoms with Gasteiger partial charge in [-0.05, 0) is 43.3 Å². The Kier molecular flexibility index (Phi) is 4.88. The van der Waals surface area contributed by atoms with Gasteiger partial charge in [0.2, 0.25) is 11.8 Å². The maximum atomic E-state index is 12.4. The molecule has 2 N–H and O–H groups in total. The summed E-state index contributed by atoms with van der Waals surface area (Å²) >= 11 is 0. The van der Waals surface area contributed by atoms with Gasteiger partial charge in [0.15, 0.2) is 6.10 Å². The molecule has 0 aliphatic carbocycles. The number of fused-ring (bicyclic) bond motifs is 1. The van der Waals surface area contributed by atoms with Gasteiger partial charge in [-0.15, -0.1) is 0 Å². The number of nitrogens with one attached hydrogen (secondary N) is 2. The fourth-order valence-electron chi connectivity index (χ4n) is 2.71. The van der Waals surface area contributed by atoms with Gasteiger partial charge in [-0.1, -0.05) is 12.1 Å². The van der Waals surface area contributed by atoms with E-state index in [4.69, 9.17) is 4.74 Å². The van der Waals surface area contributed by atoms with E-state index in [1.165, 1.54) is 11.8 Å². The van der Waals surface area contributed by atoms with E-state index in [2.05, 4.69) is 10.6 Å². The highest BCUT2D eigenvalue weighted by Gasteiger charge is 2.32. The average Bonchev–Trinajstić information content (AvgIpc) is 2.60. The van der Waals surface area contributed by atoms with Crippen LogP contribution in [0.1, 0.15) is 13.8 Å². The molecular formula is C19H19N3O4. The van der Waals surface area contributed by atoms with Crippen molar-refractivity contribution in [1.29, 1.82) is 0 Å². The number of hydrogen-bond acceptors (Lipinski definition) is 4. The number of ether oxygens (including phenoxy) is 1. The van der Waals surface area contributed by atoms with Crippen molar-refractivity contribution in [1.82, 2.24) is 0 Å². The monoisotopic (exact) mass is 353 g/mol. The lowest BCUT2D eigenvalue weighted by molar-refractivity contribution is -0.127. The molecule has 7 heteroatoms. The lowest BCUT2D eigenvalue weighted by Gasteiger charge is -2.32. The van der Waals surface area contributed by atoms with Crippen molar-refractivity contribution < 1.29 is 19.1 Å². The summed E-state index contributed by atoms with van der Waals surface area (Å²) in [6.07, 6.45) is -0.644. The van der Waals surface area contributed by atoms with E-state index in [0.29, 0.717) is 22.8 Å². The second-order valence-corrected chi connectivity index (χ2v) is 5.96. The minimum Gasteiger partial charge on any atom is -0.479 e. The number of rotatable bonds is 4. The second-order valence-electron chi connectivity index (χ2n) is 5.96. The molecular weight excluding hydrogens is 334 g/mol. The molecule has 1 atom stereocenters. The van der Waals surface area contributed by atoms with Gasteiger partial charge in [0.1, 0.15) is 12.3 Å². The third-order valence-corrected chi connectivity index (χ3v) is 3.86. The summed E-state index contributed by atoms with van der Waals surface area (Å²) in [5.41, 5.74) is 1.79. The summed E-state index contributed by atoms with van der Waals surface area (Å²) < 4.78 is 5.56. The Bertz CT molecular complexity index is 848. The molecule has 0 saturated heterocycles. The standard InChI is InChI=1S/C19H19N3O4/c1-12-19(25)22(16-5-3-4-6-17(16)26-12)11-18(24)21-15-9-7-14(8-10-15)20-13(2)23/h3-10,12H,11H2,1-2H3,(H,20,23)(H,21,24). The van der Waals surface area contributed by atoms with Crippen LogP contribution in [0.2, 0.25) is 0 Å². The van der Waals surface area contributed by atoms with Crippen LogP contribution in [0.3, 0.4) is 0 Å². The molecule has 3 amide bonds. The lowest BCUT2D eigenvalue weighted by Crippen LogP contribution is -2.47. The quantitative estimate of drug-likeness (QED) is 0.883. The molecule has 1 aliphatic rings. The molecule has 2 aromatic rings. The number of carbonyl (C=O) groups is 3. The molecule has 1 unspecified atom stereocenters. The first kappa shape index (κ1) is 17.5. The van der Waals surface area contributed by atoms with Crippen molar-refractivity contribution >= 4 is 34.8 Å². The maximum absolute atomic E-state index is 12.4. The molecule has 0 bridgehead atoms. The van der Waals surface area contributed by atoms with Gasteiger partial charge >= 0.3 is 0 Å². The third-order valence-electron chi connectivity index (χ3n) is 3.86. The zero-order valence-corrected chi connectivity index (χ0v) is 14.5. The number of para-hydroxylation sites is 2. The SMILES string of the molecule is CC(=O)Nc1ccc(NC(=O)CN2C(=O)C(C)Oc3ccccc32)cc1.